The summed E-state index contributed by atoms with van der Waals surface area (Å²) in [5.41, 5.74) is 3.40. The number of aromatic nitrogens is 3. The van der Waals surface area contributed by atoms with Crippen LogP contribution < -0.4 is 4.74 Å². The monoisotopic (exact) mass is 418 g/mol. The van der Waals surface area contributed by atoms with Crippen molar-refractivity contribution in [1.82, 2.24) is 14.5 Å². The van der Waals surface area contributed by atoms with Crippen LogP contribution in [0.3, 0.4) is 0 Å². The number of phenolic OH excluding ortho intramolecular Hbond substituents is 1. The minimum atomic E-state index is 0.118. The van der Waals surface area contributed by atoms with Crippen LogP contribution in [0.1, 0.15) is 6.93 Å². The van der Waals surface area contributed by atoms with Gasteiger partial charge >= 0.3 is 0 Å². The van der Waals surface area contributed by atoms with E-state index in [1.54, 1.807) is 24.4 Å². The van der Waals surface area contributed by atoms with Crippen molar-refractivity contribution < 1.29 is 11.2 Å². The largest absolute Gasteiger partial charge is 0.506 e. The zero-order valence-electron chi connectivity index (χ0n) is 18.3. The molecule has 5 heteroatoms. The van der Waals surface area contributed by atoms with Gasteiger partial charge in [0.1, 0.15) is 22.8 Å². The molecule has 0 saturated heterocycles. The summed E-state index contributed by atoms with van der Waals surface area (Å²) in [5.74, 6) is 1.93. The summed E-state index contributed by atoms with van der Waals surface area (Å²) < 4.78 is 16.1. The molecular weight excluding hydrogens is 398 g/mol. The van der Waals surface area contributed by atoms with E-state index in [2.05, 4.69) is 26.7 Å². The topological polar surface area (TPSA) is 60.2 Å². The number of ether oxygens (including phenoxy) is 1. The number of fused-ring (bicyclic) bond motifs is 4. The van der Waals surface area contributed by atoms with E-state index < -0.39 is 0 Å². The van der Waals surface area contributed by atoms with Crippen molar-refractivity contribution in [2.45, 2.75) is 6.92 Å². The zero-order chi connectivity index (χ0) is 22.5. The summed E-state index contributed by atoms with van der Waals surface area (Å²) in [6.07, 6.45) is 1.56. The minimum Gasteiger partial charge on any atom is -0.506 e. The van der Waals surface area contributed by atoms with Crippen LogP contribution in [0.4, 0.5) is 0 Å². The predicted octanol–water partition coefficient (Wildman–Crippen LogP) is 6.53. The van der Waals surface area contributed by atoms with Crippen molar-refractivity contribution in [2.24, 2.45) is 0 Å². The van der Waals surface area contributed by atoms with Gasteiger partial charge in [0.25, 0.3) is 0 Å². The van der Waals surface area contributed by atoms with E-state index >= 15 is 0 Å². The third-order valence-electron chi connectivity index (χ3n) is 5.67. The molecule has 0 bridgehead atoms. The van der Waals surface area contributed by atoms with Crippen molar-refractivity contribution in [3.05, 3.63) is 96.7 Å². The van der Waals surface area contributed by atoms with Gasteiger partial charge in [0, 0.05) is 34.5 Å². The molecule has 0 saturated carbocycles. The zero-order valence-corrected chi connectivity index (χ0v) is 17.3. The lowest BCUT2D eigenvalue weighted by atomic mass is 10.1. The Hall–Kier alpha value is -4.38. The van der Waals surface area contributed by atoms with Crippen LogP contribution in [-0.2, 0) is 0 Å². The molecule has 154 valence electrons. The molecule has 32 heavy (non-hydrogen) atoms. The molecule has 6 rings (SSSR count). The molecule has 0 unspecified atom stereocenters. The Labute approximate surface area is 185 Å². The fourth-order valence-corrected chi connectivity index (χ4v) is 4.19. The number of aromatic hydroxyl groups is 1. The van der Waals surface area contributed by atoms with E-state index in [9.17, 15) is 5.11 Å². The van der Waals surface area contributed by atoms with E-state index in [-0.39, 0.29) is 5.75 Å². The lowest BCUT2D eigenvalue weighted by Crippen LogP contribution is -1.99. The van der Waals surface area contributed by atoms with Crippen LogP contribution in [0.5, 0.6) is 17.4 Å². The van der Waals surface area contributed by atoms with E-state index in [1.165, 1.54) is 0 Å². The van der Waals surface area contributed by atoms with Crippen molar-refractivity contribution in [1.29, 1.82) is 0 Å². The first kappa shape index (κ1) is 17.3. The fraction of sp³-hybridized carbons (Fsp3) is 0.0370. The van der Waals surface area contributed by atoms with Crippen LogP contribution in [0, 0.1) is 6.92 Å². The number of rotatable bonds is 3. The Morgan fingerprint density at radius 1 is 0.906 bits per heavy atom. The van der Waals surface area contributed by atoms with Gasteiger partial charge in [-0.25, -0.2) is 9.97 Å². The molecule has 0 aliphatic carbocycles. The highest BCUT2D eigenvalue weighted by Gasteiger charge is 2.15. The summed E-state index contributed by atoms with van der Waals surface area (Å²) >= 11 is 0. The molecule has 3 aromatic heterocycles. The normalized spacial score (nSPS) is 11.8. The second-order valence-corrected chi connectivity index (χ2v) is 7.71. The summed E-state index contributed by atoms with van der Waals surface area (Å²) in [5, 5.41) is 13.2. The smallest absolute Gasteiger partial charge is 0.219 e. The molecule has 6 aromatic rings. The van der Waals surface area contributed by atoms with E-state index in [4.69, 9.17) is 6.11 Å². The third-order valence-corrected chi connectivity index (χ3v) is 5.67. The van der Waals surface area contributed by atoms with Crippen LogP contribution in [0.15, 0.2) is 91.1 Å². The number of pyridine rings is 2. The van der Waals surface area contributed by atoms with E-state index in [0.29, 0.717) is 23.2 Å². The van der Waals surface area contributed by atoms with Crippen LogP contribution in [0.25, 0.3) is 38.5 Å². The van der Waals surface area contributed by atoms with Crippen LogP contribution in [-0.4, -0.2) is 19.6 Å². The first-order valence-electron chi connectivity index (χ1n) is 10.8. The highest BCUT2D eigenvalue weighted by molar-refractivity contribution is 6.09. The maximum atomic E-state index is 10.1. The molecule has 3 aromatic carbocycles. The Kier molecular flexibility index (Phi) is 3.84. The van der Waals surface area contributed by atoms with Gasteiger partial charge in [0.2, 0.25) is 5.88 Å². The molecule has 1 N–H and O–H groups in total. The van der Waals surface area contributed by atoms with Crippen LogP contribution in [0.2, 0.25) is 0 Å². The van der Waals surface area contributed by atoms with Crippen LogP contribution >= 0.6 is 0 Å². The van der Waals surface area contributed by atoms with Crippen molar-refractivity contribution >= 4 is 32.7 Å². The number of nitrogens with zero attached hydrogens (tertiary/aromatic N) is 3. The second-order valence-electron chi connectivity index (χ2n) is 7.71. The lowest BCUT2D eigenvalue weighted by Gasteiger charge is -2.11. The summed E-state index contributed by atoms with van der Waals surface area (Å²) in [4.78, 5) is 9.06. The average Bonchev–Trinajstić information content (AvgIpc) is 3.13. The molecule has 5 nitrogen and oxygen atoms in total. The maximum absolute atomic E-state index is 10.1. The molecule has 0 radical (unpaired) electrons. The van der Waals surface area contributed by atoms with Gasteiger partial charge in [-0.1, -0.05) is 36.4 Å². The first-order valence-corrected chi connectivity index (χ1v) is 10.3. The first-order chi connectivity index (χ1) is 16.1. The van der Waals surface area contributed by atoms with E-state index in [0.717, 1.165) is 38.6 Å². The summed E-state index contributed by atoms with van der Waals surface area (Å²) in [6.45, 7) is 1.97. The number of benzene rings is 3. The Morgan fingerprint density at radius 3 is 2.69 bits per heavy atom. The highest BCUT2D eigenvalue weighted by Crippen LogP contribution is 2.35. The molecule has 0 fully saturated rings. The van der Waals surface area contributed by atoms with Gasteiger partial charge in [-0.2, -0.15) is 0 Å². The predicted molar refractivity (Wildman–Crippen MR) is 127 cm³/mol. The highest BCUT2D eigenvalue weighted by atomic mass is 16.5. The number of phenols is 1. The summed E-state index contributed by atoms with van der Waals surface area (Å²) in [7, 11) is 0. The van der Waals surface area contributed by atoms with Crippen molar-refractivity contribution in [3.63, 3.8) is 0 Å². The minimum absolute atomic E-state index is 0.118. The number of hydrogen-bond donors (Lipinski definition) is 1. The van der Waals surface area contributed by atoms with Crippen molar-refractivity contribution in [3.8, 4) is 23.2 Å². The molecule has 0 aliphatic heterocycles. The van der Waals surface area contributed by atoms with Gasteiger partial charge in [-0.3, -0.25) is 4.57 Å². The van der Waals surface area contributed by atoms with Gasteiger partial charge in [-0.15, -0.1) is 0 Å². The molecule has 0 amide bonds. The average molecular weight is 418 g/mol. The fourth-order valence-electron chi connectivity index (χ4n) is 4.19. The molecular formula is C27H19N3O2. The Morgan fingerprint density at radius 2 is 1.78 bits per heavy atom. The number of para-hydroxylation sites is 2. The SMILES string of the molecule is [2H]c1cnc(-n2c3ccccc3c3ccc(Oc4ccc5cccc(O)c5n4)cc32)c(C)c1. The quantitative estimate of drug-likeness (QED) is 0.355. The number of aryl methyl sites for hydroxylation is 1. The third kappa shape index (κ3) is 2.87. The van der Waals surface area contributed by atoms with Gasteiger partial charge < -0.3 is 9.84 Å². The molecule has 0 spiro atoms. The second kappa shape index (κ2) is 7.10. The maximum Gasteiger partial charge on any atom is 0.219 e. The molecule has 0 atom stereocenters. The summed E-state index contributed by atoms with van der Waals surface area (Å²) in [6, 6.07) is 25.3. The number of hydrogen-bond acceptors (Lipinski definition) is 4. The van der Waals surface area contributed by atoms with Gasteiger partial charge in [0.05, 0.1) is 12.4 Å². The Balaban J connectivity index is 1.53. The molecule has 0 aliphatic rings. The standard InChI is InChI=1S/C27H19N3O2/c1-17-6-5-15-28-27(17)30-22-9-3-2-8-20(22)21-13-12-19(16-23(21)30)32-25-14-11-18-7-4-10-24(31)26(18)29-25/h2-16,31H,1H3/i5D. The van der Waals surface area contributed by atoms with Gasteiger partial charge in [-0.05, 0) is 48.9 Å². The lowest BCUT2D eigenvalue weighted by molar-refractivity contribution is 0.460. The van der Waals surface area contributed by atoms with E-state index in [1.807, 2.05) is 55.5 Å². The molecule has 3 heterocycles. The van der Waals surface area contributed by atoms with Crippen molar-refractivity contribution in [2.75, 3.05) is 0 Å². The Bertz CT molecular complexity index is 1690. The van der Waals surface area contributed by atoms with Gasteiger partial charge in [0.15, 0.2) is 0 Å².